The molecule has 1 unspecified atom stereocenters. The van der Waals surface area contributed by atoms with Crippen molar-refractivity contribution in [2.75, 3.05) is 10.6 Å². The summed E-state index contributed by atoms with van der Waals surface area (Å²) >= 11 is 0. The zero-order valence-corrected chi connectivity index (χ0v) is 24.4. The van der Waals surface area contributed by atoms with E-state index in [9.17, 15) is 19.5 Å². The highest BCUT2D eigenvalue weighted by molar-refractivity contribution is 5.98. The van der Waals surface area contributed by atoms with E-state index in [1.54, 1.807) is 24.3 Å². The monoisotopic (exact) mass is 579 g/mol. The van der Waals surface area contributed by atoms with E-state index < -0.39 is 17.9 Å². The van der Waals surface area contributed by atoms with E-state index in [2.05, 4.69) is 16.0 Å². The predicted octanol–water partition coefficient (Wildman–Crippen LogP) is 6.81. The van der Waals surface area contributed by atoms with Crippen molar-refractivity contribution < 1.29 is 24.2 Å². The van der Waals surface area contributed by atoms with Crippen molar-refractivity contribution in [3.63, 3.8) is 0 Å². The van der Waals surface area contributed by atoms with Crippen LogP contribution in [0.2, 0.25) is 0 Å². The normalized spacial score (nSPS) is 11.4. The molecular formula is C35H37N3O5. The number of carbonyl (C=O) groups is 3. The van der Waals surface area contributed by atoms with Gasteiger partial charge in [-0.25, -0.2) is 4.79 Å². The summed E-state index contributed by atoms with van der Waals surface area (Å²) < 4.78 is 5.84. The molecule has 8 heteroatoms. The van der Waals surface area contributed by atoms with E-state index >= 15 is 0 Å². The van der Waals surface area contributed by atoms with Crippen LogP contribution >= 0.6 is 0 Å². The zero-order valence-electron chi connectivity index (χ0n) is 24.4. The molecule has 0 saturated carbocycles. The maximum absolute atomic E-state index is 12.8. The van der Waals surface area contributed by atoms with Crippen molar-refractivity contribution in [2.45, 2.75) is 45.8 Å². The van der Waals surface area contributed by atoms with Crippen molar-refractivity contribution >= 4 is 34.8 Å². The molecule has 0 saturated heterocycles. The molecule has 4 aromatic carbocycles. The van der Waals surface area contributed by atoms with Gasteiger partial charge in [-0.2, -0.15) is 0 Å². The quantitative estimate of drug-likeness (QED) is 0.130. The van der Waals surface area contributed by atoms with Crippen LogP contribution in [0.15, 0.2) is 103 Å². The van der Waals surface area contributed by atoms with Crippen LogP contribution in [0.25, 0.3) is 0 Å². The lowest BCUT2D eigenvalue weighted by atomic mass is 10.0. The van der Waals surface area contributed by atoms with Crippen LogP contribution < -0.4 is 20.7 Å². The molecule has 4 aromatic rings. The van der Waals surface area contributed by atoms with Crippen LogP contribution in [-0.4, -0.2) is 28.9 Å². The molecule has 0 heterocycles. The third kappa shape index (κ3) is 9.19. The zero-order chi connectivity index (χ0) is 30.6. The minimum absolute atomic E-state index is 0.0589. The fraction of sp³-hybridized carbons (Fsp3) is 0.229. The SMILES string of the molecule is CCC(CC)C(=O)Nc1ccc(C(=O)NC(Cc2ccc(Nc3ccc(OCc4ccccc4)cc3)cc2)C(=O)O)cc1. The molecule has 43 heavy (non-hydrogen) atoms. The number of anilines is 3. The van der Waals surface area contributed by atoms with Gasteiger partial charge in [0.05, 0.1) is 0 Å². The summed E-state index contributed by atoms with van der Waals surface area (Å²) in [6.07, 6.45) is 1.62. The van der Waals surface area contributed by atoms with Crippen LogP contribution in [0.4, 0.5) is 17.1 Å². The molecule has 4 N–H and O–H groups in total. The molecule has 0 bridgehead atoms. The van der Waals surface area contributed by atoms with E-state index in [4.69, 9.17) is 4.74 Å². The summed E-state index contributed by atoms with van der Waals surface area (Å²) in [6.45, 7) is 4.43. The Morgan fingerprint density at radius 1 is 0.721 bits per heavy atom. The molecular weight excluding hydrogens is 542 g/mol. The smallest absolute Gasteiger partial charge is 0.326 e. The van der Waals surface area contributed by atoms with Crippen LogP contribution in [-0.2, 0) is 22.6 Å². The van der Waals surface area contributed by atoms with Gasteiger partial charge in [0.2, 0.25) is 5.91 Å². The van der Waals surface area contributed by atoms with Gasteiger partial charge >= 0.3 is 5.97 Å². The molecule has 0 aliphatic heterocycles. The molecule has 0 spiro atoms. The first-order valence-corrected chi connectivity index (χ1v) is 14.4. The van der Waals surface area contributed by atoms with Crippen LogP contribution in [0, 0.1) is 5.92 Å². The second-order valence-electron chi connectivity index (χ2n) is 10.3. The summed E-state index contributed by atoms with van der Waals surface area (Å²) in [5, 5.41) is 18.5. The molecule has 0 aliphatic carbocycles. The second kappa shape index (κ2) is 15.2. The van der Waals surface area contributed by atoms with Crippen molar-refractivity contribution in [3.05, 3.63) is 120 Å². The van der Waals surface area contributed by atoms with Gasteiger partial charge in [0.25, 0.3) is 5.91 Å². The number of rotatable bonds is 14. The lowest BCUT2D eigenvalue weighted by Crippen LogP contribution is -2.42. The average Bonchev–Trinajstić information content (AvgIpc) is 3.02. The Bertz CT molecular complexity index is 1480. The van der Waals surface area contributed by atoms with Gasteiger partial charge in [0.1, 0.15) is 18.4 Å². The lowest BCUT2D eigenvalue weighted by Gasteiger charge is -2.16. The molecule has 4 rings (SSSR count). The number of hydrogen-bond donors (Lipinski definition) is 4. The van der Waals surface area contributed by atoms with Gasteiger partial charge in [-0.1, -0.05) is 56.3 Å². The van der Waals surface area contributed by atoms with Gasteiger partial charge in [0, 0.05) is 35.0 Å². The van der Waals surface area contributed by atoms with E-state index in [0.717, 1.165) is 41.1 Å². The molecule has 0 fully saturated rings. The highest BCUT2D eigenvalue weighted by Crippen LogP contribution is 2.22. The molecule has 2 amide bonds. The molecule has 0 aliphatic rings. The first-order valence-electron chi connectivity index (χ1n) is 14.4. The minimum atomic E-state index is -1.13. The number of benzene rings is 4. The largest absolute Gasteiger partial charge is 0.489 e. The maximum atomic E-state index is 12.8. The molecule has 222 valence electrons. The number of carbonyl (C=O) groups excluding carboxylic acids is 2. The fourth-order valence-electron chi connectivity index (χ4n) is 4.55. The van der Waals surface area contributed by atoms with Gasteiger partial charge < -0.3 is 25.8 Å². The molecule has 0 radical (unpaired) electrons. The van der Waals surface area contributed by atoms with Gasteiger partial charge in [-0.15, -0.1) is 0 Å². The standard InChI is InChI=1S/C35H37N3O5/c1-3-26(4-2)33(39)37-30-16-12-27(13-17-30)34(40)38-32(35(41)42)22-24-10-14-28(15-11-24)36-29-18-20-31(21-19-29)43-23-25-8-6-5-7-9-25/h5-21,26,32,36H,3-4,22-23H2,1-2H3,(H,37,39)(H,38,40)(H,41,42). The van der Waals surface area contributed by atoms with Crippen molar-refractivity contribution in [1.29, 1.82) is 0 Å². The van der Waals surface area contributed by atoms with Crippen LogP contribution in [0.3, 0.4) is 0 Å². The number of hydrogen-bond acceptors (Lipinski definition) is 5. The van der Waals surface area contributed by atoms with E-state index in [1.165, 1.54) is 0 Å². The number of nitrogens with one attached hydrogen (secondary N) is 3. The number of carboxylic acids is 1. The molecule has 1 atom stereocenters. The van der Waals surface area contributed by atoms with E-state index in [-0.39, 0.29) is 18.2 Å². The highest BCUT2D eigenvalue weighted by Gasteiger charge is 2.21. The summed E-state index contributed by atoms with van der Waals surface area (Å²) in [6, 6.07) is 30.3. The van der Waals surface area contributed by atoms with Gasteiger partial charge in [-0.3, -0.25) is 9.59 Å². The minimum Gasteiger partial charge on any atom is -0.489 e. The lowest BCUT2D eigenvalue weighted by molar-refractivity contribution is -0.139. The van der Waals surface area contributed by atoms with Gasteiger partial charge in [-0.05, 0) is 84.6 Å². The van der Waals surface area contributed by atoms with Crippen molar-refractivity contribution in [2.24, 2.45) is 5.92 Å². The Morgan fingerprint density at radius 3 is 1.88 bits per heavy atom. The van der Waals surface area contributed by atoms with E-state index in [0.29, 0.717) is 17.9 Å². The first kappa shape index (κ1) is 30.8. The Kier molecular flexibility index (Phi) is 10.9. The summed E-state index contributed by atoms with van der Waals surface area (Å²) in [5.74, 6) is -0.984. The Labute approximate surface area is 252 Å². The average molecular weight is 580 g/mol. The third-order valence-electron chi connectivity index (χ3n) is 7.16. The number of carboxylic acid groups (broad SMARTS) is 1. The van der Waals surface area contributed by atoms with Crippen LogP contribution in [0.1, 0.15) is 48.2 Å². The summed E-state index contributed by atoms with van der Waals surface area (Å²) in [4.78, 5) is 37.1. The topological polar surface area (TPSA) is 117 Å². The van der Waals surface area contributed by atoms with Crippen LogP contribution in [0.5, 0.6) is 5.75 Å². The summed E-state index contributed by atoms with van der Waals surface area (Å²) in [7, 11) is 0. The summed E-state index contributed by atoms with van der Waals surface area (Å²) in [5.41, 5.74) is 4.49. The number of ether oxygens (including phenoxy) is 1. The molecule has 0 aromatic heterocycles. The second-order valence-corrected chi connectivity index (χ2v) is 10.3. The van der Waals surface area contributed by atoms with Gasteiger partial charge in [0.15, 0.2) is 0 Å². The van der Waals surface area contributed by atoms with Crippen molar-refractivity contribution in [1.82, 2.24) is 5.32 Å². The first-order chi connectivity index (χ1) is 20.8. The highest BCUT2D eigenvalue weighted by atomic mass is 16.5. The number of amides is 2. The third-order valence-corrected chi connectivity index (χ3v) is 7.16. The predicted molar refractivity (Wildman–Crippen MR) is 169 cm³/mol. The van der Waals surface area contributed by atoms with E-state index in [1.807, 2.05) is 92.7 Å². The fourth-order valence-corrected chi connectivity index (χ4v) is 4.55. The maximum Gasteiger partial charge on any atom is 0.326 e. The Balaban J connectivity index is 1.29. The Hall–Kier alpha value is -5.11. The number of aliphatic carboxylic acids is 1. The van der Waals surface area contributed by atoms with Crippen molar-refractivity contribution in [3.8, 4) is 5.75 Å². The Morgan fingerprint density at radius 2 is 1.30 bits per heavy atom. The molecule has 8 nitrogen and oxygen atoms in total.